The smallest absolute Gasteiger partial charge is 0.408 e. The van der Waals surface area contributed by atoms with Crippen molar-refractivity contribution in [1.82, 2.24) is 5.32 Å². The van der Waals surface area contributed by atoms with E-state index >= 15 is 0 Å². The lowest BCUT2D eigenvalue weighted by molar-refractivity contribution is 0.141. The molecule has 0 aliphatic rings. The number of benzene rings is 2. The lowest BCUT2D eigenvalue weighted by atomic mass is 10.1. The molecule has 0 spiro atoms. The Bertz CT molecular complexity index is 700. The van der Waals surface area contributed by atoms with Gasteiger partial charge in [-0.1, -0.05) is 42.2 Å². The molecular weight excluding hydrogens is 276 g/mol. The lowest BCUT2D eigenvalue weighted by Crippen LogP contribution is -2.24. The number of carbonyl (C=O) groups is 1. The van der Waals surface area contributed by atoms with Crippen LogP contribution in [0.15, 0.2) is 48.5 Å². The molecule has 3 N–H and O–H groups in total. The van der Waals surface area contributed by atoms with Crippen LogP contribution in [0.25, 0.3) is 0 Å². The number of anilines is 1. The van der Waals surface area contributed by atoms with E-state index in [-0.39, 0.29) is 13.2 Å². The molecule has 0 saturated heterocycles. The first-order valence-corrected chi connectivity index (χ1v) is 6.94. The summed E-state index contributed by atoms with van der Waals surface area (Å²) in [5.41, 5.74) is 9.29. The molecular formula is C18H18N2O2. The van der Waals surface area contributed by atoms with E-state index in [1.54, 1.807) is 0 Å². The number of rotatable bonds is 3. The van der Waals surface area contributed by atoms with Crippen molar-refractivity contribution in [2.24, 2.45) is 0 Å². The van der Waals surface area contributed by atoms with Gasteiger partial charge in [-0.05, 0) is 36.2 Å². The molecule has 4 heteroatoms. The number of nitrogens with two attached hydrogens (primary N) is 1. The highest BCUT2D eigenvalue weighted by atomic mass is 16.5. The molecule has 0 fully saturated rings. The molecule has 0 atom stereocenters. The number of ether oxygens (including phenoxy) is 1. The van der Waals surface area contributed by atoms with Gasteiger partial charge in [0.2, 0.25) is 0 Å². The highest BCUT2D eigenvalue weighted by molar-refractivity contribution is 5.67. The highest BCUT2D eigenvalue weighted by Crippen LogP contribution is 2.11. The molecule has 0 bridgehead atoms. The first kappa shape index (κ1) is 15.5. The second-order valence-electron chi connectivity index (χ2n) is 4.79. The molecule has 1 amide bonds. The Morgan fingerprint density at radius 2 is 2.00 bits per heavy atom. The minimum atomic E-state index is -0.480. The number of nitrogens with one attached hydrogen (secondary N) is 1. The van der Waals surface area contributed by atoms with E-state index in [0.717, 1.165) is 22.4 Å². The number of hydrogen-bond acceptors (Lipinski definition) is 3. The first-order chi connectivity index (χ1) is 10.6. The number of carbonyl (C=O) groups excluding carboxylic acids is 1. The van der Waals surface area contributed by atoms with Crippen LogP contribution in [0.1, 0.15) is 16.7 Å². The fourth-order valence-corrected chi connectivity index (χ4v) is 1.79. The Morgan fingerprint density at radius 3 is 2.73 bits per heavy atom. The van der Waals surface area contributed by atoms with Crippen molar-refractivity contribution in [3.63, 3.8) is 0 Å². The van der Waals surface area contributed by atoms with Gasteiger partial charge in [0.05, 0.1) is 6.54 Å². The summed E-state index contributed by atoms with van der Waals surface area (Å²) in [6.45, 7) is 2.41. The maximum absolute atomic E-state index is 11.5. The van der Waals surface area contributed by atoms with Crippen LogP contribution in [-0.4, -0.2) is 12.6 Å². The van der Waals surface area contributed by atoms with Crippen LogP contribution in [0.5, 0.6) is 0 Å². The molecule has 4 nitrogen and oxygen atoms in total. The largest absolute Gasteiger partial charge is 0.445 e. The normalized spacial score (nSPS) is 9.50. The Morgan fingerprint density at radius 1 is 1.23 bits per heavy atom. The van der Waals surface area contributed by atoms with Gasteiger partial charge in [-0.15, -0.1) is 0 Å². The molecule has 0 saturated carbocycles. The molecule has 0 radical (unpaired) electrons. The third kappa shape index (κ3) is 4.88. The van der Waals surface area contributed by atoms with Gasteiger partial charge < -0.3 is 15.8 Å². The number of aryl methyl sites for hydroxylation is 1. The zero-order valence-electron chi connectivity index (χ0n) is 12.4. The lowest BCUT2D eigenvalue weighted by Gasteiger charge is -2.04. The Labute approximate surface area is 130 Å². The molecule has 112 valence electrons. The molecule has 22 heavy (non-hydrogen) atoms. The maximum atomic E-state index is 11.5. The van der Waals surface area contributed by atoms with E-state index in [2.05, 4.69) is 17.2 Å². The van der Waals surface area contributed by atoms with Crippen LogP contribution in [-0.2, 0) is 11.3 Å². The molecule has 2 aromatic carbocycles. The highest BCUT2D eigenvalue weighted by Gasteiger charge is 2.00. The molecule has 2 aromatic rings. The Hall–Kier alpha value is -2.93. The van der Waals surface area contributed by atoms with Crippen LogP contribution >= 0.6 is 0 Å². The first-order valence-electron chi connectivity index (χ1n) is 6.94. The van der Waals surface area contributed by atoms with Gasteiger partial charge in [0.15, 0.2) is 0 Å². The van der Waals surface area contributed by atoms with Gasteiger partial charge in [0, 0.05) is 11.3 Å². The fraction of sp³-hybridized carbons (Fsp3) is 0.167. The van der Waals surface area contributed by atoms with E-state index in [9.17, 15) is 4.79 Å². The minimum absolute atomic E-state index is 0.233. The summed E-state index contributed by atoms with van der Waals surface area (Å²) in [4.78, 5) is 11.5. The van der Waals surface area contributed by atoms with Gasteiger partial charge in [-0.25, -0.2) is 4.79 Å². The van der Waals surface area contributed by atoms with Crippen LogP contribution in [0.2, 0.25) is 0 Å². The van der Waals surface area contributed by atoms with Crippen molar-refractivity contribution in [3.8, 4) is 11.8 Å². The molecule has 0 aromatic heterocycles. The summed E-state index contributed by atoms with van der Waals surface area (Å²) < 4.78 is 5.08. The second kappa shape index (κ2) is 7.75. The van der Waals surface area contributed by atoms with E-state index in [1.807, 2.05) is 55.5 Å². The third-order valence-electron chi connectivity index (χ3n) is 3.04. The zero-order chi connectivity index (χ0) is 15.8. The van der Waals surface area contributed by atoms with Crippen molar-refractivity contribution in [3.05, 3.63) is 65.2 Å². The number of nitrogen functional groups attached to an aromatic ring is 1. The molecule has 0 aliphatic heterocycles. The summed E-state index contributed by atoms with van der Waals surface area (Å²) in [6.07, 6.45) is -0.480. The van der Waals surface area contributed by atoms with Crippen LogP contribution in [0.3, 0.4) is 0 Å². The van der Waals surface area contributed by atoms with E-state index in [4.69, 9.17) is 10.5 Å². The summed E-state index contributed by atoms with van der Waals surface area (Å²) in [7, 11) is 0. The fourth-order valence-electron chi connectivity index (χ4n) is 1.79. The number of alkyl carbamates (subject to hydrolysis) is 1. The van der Waals surface area contributed by atoms with Crippen LogP contribution < -0.4 is 11.1 Å². The van der Waals surface area contributed by atoms with Crippen LogP contribution in [0, 0.1) is 18.8 Å². The third-order valence-corrected chi connectivity index (χ3v) is 3.04. The van der Waals surface area contributed by atoms with Gasteiger partial charge >= 0.3 is 6.09 Å². The average Bonchev–Trinajstić information content (AvgIpc) is 2.54. The number of amides is 1. The topological polar surface area (TPSA) is 64.3 Å². The summed E-state index contributed by atoms with van der Waals surface area (Å²) in [5.74, 6) is 5.84. The molecule has 0 aliphatic carbocycles. The summed E-state index contributed by atoms with van der Waals surface area (Å²) in [5, 5.41) is 2.59. The Kier molecular flexibility index (Phi) is 5.44. The van der Waals surface area contributed by atoms with Gasteiger partial charge in [0.25, 0.3) is 0 Å². The minimum Gasteiger partial charge on any atom is -0.445 e. The van der Waals surface area contributed by atoms with Crippen molar-refractivity contribution >= 4 is 11.8 Å². The number of hydrogen-bond donors (Lipinski definition) is 2. The van der Waals surface area contributed by atoms with Crippen molar-refractivity contribution in [2.45, 2.75) is 13.5 Å². The second-order valence-corrected chi connectivity index (χ2v) is 4.79. The monoisotopic (exact) mass is 294 g/mol. The predicted molar refractivity (Wildman–Crippen MR) is 87.1 cm³/mol. The van der Waals surface area contributed by atoms with Gasteiger partial charge in [-0.3, -0.25) is 0 Å². The van der Waals surface area contributed by atoms with Crippen molar-refractivity contribution in [2.75, 3.05) is 12.3 Å². The summed E-state index contributed by atoms with van der Waals surface area (Å²) >= 11 is 0. The summed E-state index contributed by atoms with van der Waals surface area (Å²) in [6, 6.07) is 15.1. The van der Waals surface area contributed by atoms with Crippen molar-refractivity contribution in [1.29, 1.82) is 0 Å². The van der Waals surface area contributed by atoms with Crippen molar-refractivity contribution < 1.29 is 9.53 Å². The SMILES string of the molecule is Cc1cc(C#CCNC(=O)OCc2ccccc2)ccc1N. The van der Waals surface area contributed by atoms with Crippen LogP contribution in [0.4, 0.5) is 10.5 Å². The standard InChI is InChI=1S/C18H18N2O2/c1-14-12-15(9-10-17(14)19)8-5-11-20-18(21)22-13-16-6-3-2-4-7-16/h2-4,6-7,9-10,12H,11,13,19H2,1H3,(H,20,21). The zero-order valence-corrected chi connectivity index (χ0v) is 12.4. The van der Waals surface area contributed by atoms with E-state index in [1.165, 1.54) is 0 Å². The molecule has 2 rings (SSSR count). The Balaban J connectivity index is 1.75. The van der Waals surface area contributed by atoms with Gasteiger partial charge in [-0.2, -0.15) is 0 Å². The predicted octanol–water partition coefficient (Wildman–Crippen LogP) is 2.86. The molecule has 0 unspecified atom stereocenters. The molecule has 0 heterocycles. The van der Waals surface area contributed by atoms with E-state index < -0.39 is 6.09 Å². The maximum Gasteiger partial charge on any atom is 0.408 e. The average molecular weight is 294 g/mol. The van der Waals surface area contributed by atoms with Gasteiger partial charge in [0.1, 0.15) is 6.61 Å². The van der Waals surface area contributed by atoms with E-state index in [0.29, 0.717) is 0 Å². The quantitative estimate of drug-likeness (QED) is 0.676.